The number of nitrogens with zero attached hydrogens (tertiary/aromatic N) is 4. The molecule has 5 N–H and O–H groups in total. The highest BCUT2D eigenvalue weighted by Gasteiger charge is 2.24. The molecule has 32 heavy (non-hydrogen) atoms. The van der Waals surface area contributed by atoms with Crippen LogP contribution in [0.3, 0.4) is 0 Å². The van der Waals surface area contributed by atoms with Gasteiger partial charge in [-0.3, -0.25) is 20.4 Å². The molecule has 0 aliphatic heterocycles. The number of H-pyrrole nitrogens is 2. The van der Waals surface area contributed by atoms with E-state index in [4.69, 9.17) is 11.1 Å². The van der Waals surface area contributed by atoms with Gasteiger partial charge in [-0.2, -0.15) is 5.10 Å². The maximum absolute atomic E-state index is 12.0. The number of primary amides is 1. The average molecular weight is 435 g/mol. The Bertz CT molecular complexity index is 1110. The third kappa shape index (κ3) is 4.93. The van der Waals surface area contributed by atoms with Crippen molar-refractivity contribution in [3.05, 3.63) is 47.4 Å². The fourth-order valence-corrected chi connectivity index (χ4v) is 3.24. The number of urea groups is 1. The number of aryl methyl sites for hydroxylation is 1. The number of nitrogens with one attached hydrogen (secondary N) is 3. The smallest absolute Gasteiger partial charge is 0.320 e. The quantitative estimate of drug-likeness (QED) is 0.313. The summed E-state index contributed by atoms with van der Waals surface area (Å²) in [6.07, 6.45) is 6.92. The van der Waals surface area contributed by atoms with Crippen LogP contribution in [0.15, 0.2) is 35.6 Å². The zero-order valence-electron chi connectivity index (χ0n) is 18.9. The van der Waals surface area contributed by atoms with Crippen LogP contribution < -0.4 is 5.73 Å². The van der Waals surface area contributed by atoms with Gasteiger partial charge < -0.3 is 10.7 Å². The number of aliphatic imine (C=N–C) groups is 1. The van der Waals surface area contributed by atoms with Gasteiger partial charge in [0.1, 0.15) is 11.5 Å². The first kappa shape index (κ1) is 22.9. The van der Waals surface area contributed by atoms with Gasteiger partial charge in [-0.1, -0.05) is 26.0 Å². The molecule has 0 fully saturated rings. The number of hydrogen-bond acceptors (Lipinski definition) is 5. The molecule has 0 saturated carbocycles. The molecule has 168 valence electrons. The molecule has 0 radical (unpaired) electrons. The predicted molar refractivity (Wildman–Crippen MR) is 127 cm³/mol. The summed E-state index contributed by atoms with van der Waals surface area (Å²) < 4.78 is 0. The highest BCUT2D eigenvalue weighted by Crippen LogP contribution is 2.28. The van der Waals surface area contributed by atoms with Gasteiger partial charge >= 0.3 is 6.03 Å². The Morgan fingerprint density at radius 3 is 2.72 bits per heavy atom. The summed E-state index contributed by atoms with van der Waals surface area (Å²) >= 11 is 0. The molecule has 0 spiro atoms. The van der Waals surface area contributed by atoms with Crippen molar-refractivity contribution in [2.24, 2.45) is 10.7 Å². The number of carbonyl (C=O) groups excluding carboxylic acids is 1. The summed E-state index contributed by atoms with van der Waals surface area (Å²) in [5.74, 6) is 0.509. The zero-order chi connectivity index (χ0) is 23.3. The number of rotatable bonds is 8. The van der Waals surface area contributed by atoms with Gasteiger partial charge in [0.2, 0.25) is 0 Å². The number of amidine groups is 1. The molecule has 9 nitrogen and oxygen atoms in total. The minimum absolute atomic E-state index is 0.0413. The molecule has 3 rings (SSSR count). The highest BCUT2D eigenvalue weighted by molar-refractivity contribution is 6.08. The molecule has 0 saturated heterocycles. The van der Waals surface area contributed by atoms with Crippen molar-refractivity contribution < 1.29 is 4.79 Å². The molecule has 1 unspecified atom stereocenters. The molecule has 1 atom stereocenters. The second-order valence-electron chi connectivity index (χ2n) is 7.74. The first-order valence-electron chi connectivity index (χ1n) is 10.7. The van der Waals surface area contributed by atoms with E-state index in [0.717, 1.165) is 28.7 Å². The SMILES string of the molecule is CCCN(C(=N)c1nc(-c2cn[nH]c2)[nH]c1-c1ccc(/C=N\C(C)CC)c(C)c1)C(N)=O. The number of imidazole rings is 1. The monoisotopic (exact) mass is 434 g/mol. The zero-order valence-corrected chi connectivity index (χ0v) is 18.9. The lowest BCUT2D eigenvalue weighted by atomic mass is 10.0. The van der Waals surface area contributed by atoms with Gasteiger partial charge in [-0.25, -0.2) is 9.78 Å². The molecule has 0 bridgehead atoms. The van der Waals surface area contributed by atoms with E-state index in [2.05, 4.69) is 39.0 Å². The Morgan fingerprint density at radius 2 is 2.12 bits per heavy atom. The minimum Gasteiger partial charge on any atom is -0.351 e. The van der Waals surface area contributed by atoms with E-state index >= 15 is 0 Å². The Morgan fingerprint density at radius 1 is 1.34 bits per heavy atom. The van der Waals surface area contributed by atoms with Crippen molar-refractivity contribution in [3.63, 3.8) is 0 Å². The molecule has 1 aromatic carbocycles. The Balaban J connectivity index is 2.07. The van der Waals surface area contributed by atoms with Crippen molar-refractivity contribution >= 4 is 18.1 Å². The van der Waals surface area contributed by atoms with Gasteiger partial charge in [0.05, 0.1) is 17.5 Å². The topological polar surface area (TPSA) is 140 Å². The van der Waals surface area contributed by atoms with Crippen molar-refractivity contribution in [1.29, 1.82) is 5.41 Å². The molecule has 0 aliphatic rings. The maximum Gasteiger partial charge on any atom is 0.320 e. The van der Waals surface area contributed by atoms with Crippen LogP contribution in [0, 0.1) is 12.3 Å². The number of amides is 2. The first-order valence-corrected chi connectivity index (χ1v) is 10.7. The van der Waals surface area contributed by atoms with Crippen LogP contribution in [-0.4, -0.2) is 55.7 Å². The lowest BCUT2D eigenvalue weighted by Crippen LogP contribution is -2.41. The molecule has 2 amide bonds. The van der Waals surface area contributed by atoms with Crippen LogP contribution in [0.25, 0.3) is 22.6 Å². The van der Waals surface area contributed by atoms with Gasteiger partial charge in [0, 0.05) is 30.6 Å². The third-order valence-electron chi connectivity index (χ3n) is 5.30. The van der Waals surface area contributed by atoms with Gasteiger partial charge in [-0.15, -0.1) is 0 Å². The normalized spacial score (nSPS) is 12.2. The van der Waals surface area contributed by atoms with Crippen LogP contribution >= 0.6 is 0 Å². The standard InChI is InChI=1S/C23H30N8O/c1-5-9-31(23(25)32)21(24)20-19(29-22(30-20)18-12-27-28-13-18)16-7-8-17(14(3)10-16)11-26-15(4)6-2/h7-8,10-13,15,24H,5-6,9H2,1-4H3,(H2,25,32)(H,27,28)(H,29,30)/b24-21?,26-11-. The number of aromatic nitrogens is 4. The second-order valence-corrected chi connectivity index (χ2v) is 7.74. The summed E-state index contributed by atoms with van der Waals surface area (Å²) in [6, 6.07) is 5.58. The predicted octanol–water partition coefficient (Wildman–Crippen LogP) is 4.11. The van der Waals surface area contributed by atoms with E-state index in [1.54, 1.807) is 12.4 Å². The van der Waals surface area contributed by atoms with Crippen LogP contribution in [0.1, 0.15) is 50.4 Å². The van der Waals surface area contributed by atoms with E-state index < -0.39 is 6.03 Å². The molecule has 3 aromatic rings. The van der Waals surface area contributed by atoms with E-state index in [-0.39, 0.29) is 11.9 Å². The van der Waals surface area contributed by atoms with E-state index in [1.165, 1.54) is 4.90 Å². The van der Waals surface area contributed by atoms with Crippen LogP contribution in [-0.2, 0) is 0 Å². The van der Waals surface area contributed by atoms with Crippen molar-refractivity contribution in [3.8, 4) is 22.6 Å². The number of nitrogens with two attached hydrogens (primary N) is 1. The van der Waals surface area contributed by atoms with Gasteiger partial charge in [-0.05, 0) is 43.9 Å². The lowest BCUT2D eigenvalue weighted by Gasteiger charge is -2.19. The molecular formula is C23H30N8O. The van der Waals surface area contributed by atoms with Crippen molar-refractivity contribution in [2.75, 3.05) is 6.54 Å². The van der Waals surface area contributed by atoms with Crippen LogP contribution in [0.5, 0.6) is 0 Å². The third-order valence-corrected chi connectivity index (χ3v) is 5.30. The van der Waals surface area contributed by atoms with E-state index in [1.807, 2.05) is 38.3 Å². The lowest BCUT2D eigenvalue weighted by molar-refractivity contribution is 0.229. The van der Waals surface area contributed by atoms with Crippen molar-refractivity contribution in [1.82, 2.24) is 25.1 Å². The fourth-order valence-electron chi connectivity index (χ4n) is 3.24. The van der Waals surface area contributed by atoms with Gasteiger partial charge in [0.25, 0.3) is 0 Å². The maximum atomic E-state index is 12.0. The number of benzene rings is 1. The van der Waals surface area contributed by atoms with E-state index in [0.29, 0.717) is 30.2 Å². The van der Waals surface area contributed by atoms with Crippen LogP contribution in [0.2, 0.25) is 0 Å². The molecule has 9 heteroatoms. The average Bonchev–Trinajstić information content (AvgIpc) is 3.45. The minimum atomic E-state index is -0.677. The Labute approximate surface area is 187 Å². The van der Waals surface area contributed by atoms with Gasteiger partial charge in [0.15, 0.2) is 5.84 Å². The summed E-state index contributed by atoms with van der Waals surface area (Å²) in [6.45, 7) is 8.48. The molecule has 0 aliphatic carbocycles. The number of carbonyl (C=O) groups is 1. The summed E-state index contributed by atoms with van der Waals surface area (Å²) in [4.78, 5) is 25.7. The fraction of sp³-hybridized carbons (Fsp3) is 0.348. The summed E-state index contributed by atoms with van der Waals surface area (Å²) in [7, 11) is 0. The van der Waals surface area contributed by atoms with Crippen molar-refractivity contribution in [2.45, 2.75) is 46.6 Å². The molecule has 2 aromatic heterocycles. The Hall–Kier alpha value is -3.75. The number of aromatic amines is 2. The largest absolute Gasteiger partial charge is 0.351 e. The first-order chi connectivity index (χ1) is 15.3. The Kier molecular flexibility index (Phi) is 7.19. The summed E-state index contributed by atoms with van der Waals surface area (Å²) in [5.41, 5.74) is 10.2. The number of hydrogen-bond donors (Lipinski definition) is 4. The second kappa shape index (κ2) is 10.0. The molecule has 2 heterocycles. The van der Waals surface area contributed by atoms with Crippen LogP contribution in [0.4, 0.5) is 4.79 Å². The molecular weight excluding hydrogens is 404 g/mol. The highest BCUT2D eigenvalue weighted by atomic mass is 16.2. The summed E-state index contributed by atoms with van der Waals surface area (Å²) in [5, 5.41) is 15.4. The van der Waals surface area contributed by atoms with E-state index in [9.17, 15) is 4.79 Å².